The predicted octanol–water partition coefficient (Wildman–Crippen LogP) is 2.83. The molecule has 0 amide bonds. The second-order valence-corrected chi connectivity index (χ2v) is 7.40. The van der Waals surface area contributed by atoms with Crippen LogP contribution in [0.5, 0.6) is 0 Å². The Labute approximate surface area is 128 Å². The van der Waals surface area contributed by atoms with Gasteiger partial charge in [-0.05, 0) is 25.0 Å². The molecule has 0 bridgehead atoms. The van der Waals surface area contributed by atoms with Crippen LogP contribution in [-0.4, -0.2) is 36.9 Å². The van der Waals surface area contributed by atoms with Crippen molar-refractivity contribution in [1.29, 1.82) is 0 Å². The van der Waals surface area contributed by atoms with Gasteiger partial charge < -0.3 is 0 Å². The minimum Gasteiger partial charge on any atom is -0.293 e. The summed E-state index contributed by atoms with van der Waals surface area (Å²) in [4.78, 5) is 11.8. The Hall–Kier alpha value is -0.720. The van der Waals surface area contributed by atoms with E-state index in [1.165, 1.54) is 12.1 Å². The molecule has 1 saturated heterocycles. The number of alkyl halides is 1. The van der Waals surface area contributed by atoms with Gasteiger partial charge in [-0.25, -0.2) is 8.42 Å². The molecular formula is C14H18BrNO3S. The number of nitrogens with zero attached hydrogens (tertiary/aromatic N) is 1. The molecule has 1 fully saturated rings. The van der Waals surface area contributed by atoms with E-state index >= 15 is 0 Å². The number of hydrogen-bond acceptors (Lipinski definition) is 3. The number of carbonyl (C=O) groups excluding carboxylic acids is 1. The van der Waals surface area contributed by atoms with E-state index in [0.29, 0.717) is 18.7 Å². The van der Waals surface area contributed by atoms with Crippen molar-refractivity contribution in [2.45, 2.75) is 30.6 Å². The fourth-order valence-corrected chi connectivity index (χ4v) is 4.16. The van der Waals surface area contributed by atoms with Gasteiger partial charge in [0.25, 0.3) is 0 Å². The van der Waals surface area contributed by atoms with Crippen molar-refractivity contribution >= 4 is 31.7 Å². The molecule has 2 rings (SSSR count). The van der Waals surface area contributed by atoms with Gasteiger partial charge in [-0.1, -0.05) is 40.9 Å². The first-order chi connectivity index (χ1) is 9.55. The standard InChI is InChI=1S/C14H18BrNO3S/c15-11-14(17)12-5-7-13(8-6-12)20(18,19)16-9-3-1-2-4-10-16/h5-8H,1-4,9-11H2. The molecule has 1 aromatic rings. The maximum absolute atomic E-state index is 12.5. The number of carbonyl (C=O) groups is 1. The number of ketones is 1. The Morgan fingerprint density at radius 1 is 1.05 bits per heavy atom. The molecule has 0 aliphatic carbocycles. The van der Waals surface area contributed by atoms with E-state index in [1.807, 2.05) is 0 Å². The zero-order valence-electron chi connectivity index (χ0n) is 11.2. The fraction of sp³-hybridized carbons (Fsp3) is 0.500. The molecule has 0 aromatic heterocycles. The summed E-state index contributed by atoms with van der Waals surface area (Å²) in [7, 11) is -3.42. The van der Waals surface area contributed by atoms with Crippen LogP contribution in [0.1, 0.15) is 36.0 Å². The monoisotopic (exact) mass is 359 g/mol. The van der Waals surface area contributed by atoms with Gasteiger partial charge in [-0.2, -0.15) is 4.31 Å². The number of rotatable bonds is 4. The van der Waals surface area contributed by atoms with Gasteiger partial charge in [0.2, 0.25) is 10.0 Å². The molecule has 0 atom stereocenters. The van der Waals surface area contributed by atoms with Crippen LogP contribution in [0.3, 0.4) is 0 Å². The highest BCUT2D eigenvalue weighted by Crippen LogP contribution is 2.20. The second-order valence-electron chi connectivity index (χ2n) is 4.90. The summed E-state index contributed by atoms with van der Waals surface area (Å²) in [5, 5.41) is 0.241. The Morgan fingerprint density at radius 2 is 1.60 bits per heavy atom. The lowest BCUT2D eigenvalue weighted by Gasteiger charge is -2.19. The molecule has 0 radical (unpaired) electrons. The van der Waals surface area contributed by atoms with Crippen LogP contribution < -0.4 is 0 Å². The highest BCUT2D eigenvalue weighted by atomic mass is 79.9. The van der Waals surface area contributed by atoms with Crippen molar-refractivity contribution in [3.05, 3.63) is 29.8 Å². The Balaban J connectivity index is 2.22. The zero-order chi connectivity index (χ0) is 14.6. The summed E-state index contributed by atoms with van der Waals surface area (Å²) in [5.41, 5.74) is 0.525. The van der Waals surface area contributed by atoms with Crippen molar-refractivity contribution in [3.63, 3.8) is 0 Å². The first-order valence-corrected chi connectivity index (χ1v) is 9.31. The molecule has 6 heteroatoms. The largest absolute Gasteiger partial charge is 0.293 e. The average Bonchev–Trinajstić information content (AvgIpc) is 2.76. The van der Waals surface area contributed by atoms with Crippen LogP contribution in [0, 0.1) is 0 Å². The van der Waals surface area contributed by atoms with Gasteiger partial charge in [0.1, 0.15) is 0 Å². The van der Waals surface area contributed by atoms with Crippen molar-refractivity contribution in [2.24, 2.45) is 0 Å². The highest BCUT2D eigenvalue weighted by molar-refractivity contribution is 9.09. The molecule has 0 unspecified atom stereocenters. The fourth-order valence-electron chi connectivity index (χ4n) is 2.32. The lowest BCUT2D eigenvalue weighted by atomic mass is 10.2. The van der Waals surface area contributed by atoms with Crippen molar-refractivity contribution in [1.82, 2.24) is 4.31 Å². The molecule has 20 heavy (non-hydrogen) atoms. The van der Waals surface area contributed by atoms with E-state index in [0.717, 1.165) is 25.7 Å². The number of halogens is 1. The predicted molar refractivity (Wildman–Crippen MR) is 81.8 cm³/mol. The average molecular weight is 360 g/mol. The summed E-state index contributed by atoms with van der Waals surface area (Å²) >= 11 is 3.10. The summed E-state index contributed by atoms with van der Waals surface area (Å²) in [6.45, 7) is 1.18. The van der Waals surface area contributed by atoms with E-state index < -0.39 is 10.0 Å². The van der Waals surface area contributed by atoms with Crippen LogP contribution in [0.4, 0.5) is 0 Å². The molecule has 1 aliphatic rings. The third-order valence-electron chi connectivity index (χ3n) is 3.50. The molecule has 1 heterocycles. The van der Waals surface area contributed by atoms with Crippen molar-refractivity contribution < 1.29 is 13.2 Å². The number of hydrogen-bond donors (Lipinski definition) is 0. The molecule has 1 aromatic carbocycles. The summed E-state index contributed by atoms with van der Waals surface area (Å²) in [6, 6.07) is 6.20. The molecule has 0 saturated carbocycles. The zero-order valence-corrected chi connectivity index (χ0v) is 13.6. The minimum absolute atomic E-state index is 0.0521. The highest BCUT2D eigenvalue weighted by Gasteiger charge is 2.25. The van der Waals surface area contributed by atoms with Crippen LogP contribution in [-0.2, 0) is 10.0 Å². The SMILES string of the molecule is O=C(CBr)c1ccc(S(=O)(=O)N2CCCCCC2)cc1. The number of sulfonamides is 1. The van der Waals surface area contributed by atoms with E-state index in [-0.39, 0.29) is 16.0 Å². The minimum atomic E-state index is -3.42. The quantitative estimate of drug-likeness (QED) is 0.613. The van der Waals surface area contributed by atoms with Crippen LogP contribution >= 0.6 is 15.9 Å². The third-order valence-corrected chi connectivity index (χ3v) is 5.92. The van der Waals surface area contributed by atoms with Crippen LogP contribution in [0.25, 0.3) is 0 Å². The van der Waals surface area contributed by atoms with Crippen molar-refractivity contribution in [3.8, 4) is 0 Å². The summed E-state index contributed by atoms with van der Waals surface area (Å²) in [5.74, 6) is -0.0521. The normalized spacial score (nSPS) is 17.6. The topological polar surface area (TPSA) is 54.5 Å². The Kier molecular flexibility index (Phi) is 5.35. The van der Waals surface area contributed by atoms with E-state index in [4.69, 9.17) is 0 Å². The number of Topliss-reactive ketones (excluding diaryl/α,β-unsaturated/α-hetero) is 1. The van der Waals surface area contributed by atoms with E-state index in [9.17, 15) is 13.2 Å². The van der Waals surface area contributed by atoms with Crippen LogP contribution in [0.15, 0.2) is 29.2 Å². The van der Waals surface area contributed by atoms with E-state index in [1.54, 1.807) is 16.4 Å². The van der Waals surface area contributed by atoms with Crippen LogP contribution in [0.2, 0.25) is 0 Å². The van der Waals surface area contributed by atoms with Gasteiger partial charge >= 0.3 is 0 Å². The van der Waals surface area contributed by atoms with E-state index in [2.05, 4.69) is 15.9 Å². The first kappa shape index (κ1) is 15.7. The molecular weight excluding hydrogens is 342 g/mol. The molecule has 1 aliphatic heterocycles. The second kappa shape index (κ2) is 6.83. The maximum atomic E-state index is 12.5. The van der Waals surface area contributed by atoms with Gasteiger partial charge in [0.05, 0.1) is 10.2 Å². The maximum Gasteiger partial charge on any atom is 0.243 e. The summed E-state index contributed by atoms with van der Waals surface area (Å²) in [6.07, 6.45) is 4.01. The summed E-state index contributed by atoms with van der Waals surface area (Å²) < 4.78 is 26.6. The van der Waals surface area contributed by atoms with Crippen molar-refractivity contribution in [2.75, 3.05) is 18.4 Å². The number of benzene rings is 1. The van der Waals surface area contributed by atoms with Gasteiger partial charge in [0.15, 0.2) is 5.78 Å². The molecule has 4 nitrogen and oxygen atoms in total. The molecule has 0 spiro atoms. The Morgan fingerprint density at radius 3 is 2.10 bits per heavy atom. The van der Waals surface area contributed by atoms with Gasteiger partial charge in [-0.15, -0.1) is 0 Å². The first-order valence-electron chi connectivity index (χ1n) is 6.75. The Bertz CT molecular complexity index is 561. The molecule has 0 N–H and O–H groups in total. The lowest BCUT2D eigenvalue weighted by molar-refractivity contribution is 0.102. The smallest absolute Gasteiger partial charge is 0.243 e. The van der Waals surface area contributed by atoms with Gasteiger partial charge in [-0.3, -0.25) is 4.79 Å². The lowest BCUT2D eigenvalue weighted by Crippen LogP contribution is -2.31. The molecule has 110 valence electrons. The third kappa shape index (κ3) is 3.48. The van der Waals surface area contributed by atoms with Gasteiger partial charge in [0, 0.05) is 18.7 Å².